The van der Waals surface area contributed by atoms with Crippen molar-refractivity contribution in [3.63, 3.8) is 0 Å². The Labute approximate surface area is 168 Å². The van der Waals surface area contributed by atoms with E-state index in [1.807, 2.05) is 60.5 Å². The highest BCUT2D eigenvalue weighted by atomic mass is 16.5. The number of hydrogen-bond donors (Lipinski definition) is 2. The first kappa shape index (κ1) is 17.7. The van der Waals surface area contributed by atoms with Crippen LogP contribution in [0.1, 0.15) is 6.42 Å². The summed E-state index contributed by atoms with van der Waals surface area (Å²) >= 11 is 0. The van der Waals surface area contributed by atoms with Crippen LogP contribution in [0.5, 0.6) is 5.75 Å². The molecule has 1 aliphatic rings. The minimum absolute atomic E-state index is 0.418. The van der Waals surface area contributed by atoms with E-state index >= 15 is 0 Å². The highest BCUT2D eigenvalue weighted by molar-refractivity contribution is 5.73. The molecule has 0 radical (unpaired) electrons. The van der Waals surface area contributed by atoms with Gasteiger partial charge in [-0.05, 0) is 25.1 Å². The summed E-state index contributed by atoms with van der Waals surface area (Å²) in [5, 5.41) is 11.2. The standard InChI is InChI=1S/C21H23N7O/c1-27-12-14(9-24-27)16-13-28-18(11-23-21(28)8-19(16)29-2)17-4-3-5-20(26-17)25-15-6-7-22-10-15/h3-5,8-9,11-13,15,22H,6-7,10H2,1-2H3,(H,25,26)/t15-/m0/s1. The van der Waals surface area contributed by atoms with Gasteiger partial charge in [0, 0.05) is 49.2 Å². The average Bonchev–Trinajstić information content (AvgIpc) is 3.48. The molecule has 0 saturated carbocycles. The third-order valence-electron chi connectivity index (χ3n) is 5.27. The fourth-order valence-corrected chi connectivity index (χ4v) is 3.79. The van der Waals surface area contributed by atoms with Crippen molar-refractivity contribution < 1.29 is 4.74 Å². The molecule has 0 aromatic carbocycles. The van der Waals surface area contributed by atoms with Crippen LogP contribution >= 0.6 is 0 Å². The van der Waals surface area contributed by atoms with Crippen LogP contribution in [0.15, 0.2) is 49.1 Å². The summed E-state index contributed by atoms with van der Waals surface area (Å²) in [4.78, 5) is 9.40. The summed E-state index contributed by atoms with van der Waals surface area (Å²) in [6, 6.07) is 8.40. The monoisotopic (exact) mass is 389 g/mol. The normalized spacial score (nSPS) is 16.4. The van der Waals surface area contributed by atoms with Crippen LogP contribution in [-0.2, 0) is 7.05 Å². The van der Waals surface area contributed by atoms with Gasteiger partial charge in [0.05, 0.1) is 30.9 Å². The van der Waals surface area contributed by atoms with Gasteiger partial charge in [0.2, 0.25) is 0 Å². The van der Waals surface area contributed by atoms with Gasteiger partial charge in [-0.15, -0.1) is 0 Å². The lowest BCUT2D eigenvalue weighted by Crippen LogP contribution is -2.22. The molecule has 1 saturated heterocycles. The number of fused-ring (bicyclic) bond motifs is 1. The van der Waals surface area contributed by atoms with E-state index in [4.69, 9.17) is 9.72 Å². The summed E-state index contributed by atoms with van der Waals surface area (Å²) < 4.78 is 9.43. The number of anilines is 1. The van der Waals surface area contributed by atoms with E-state index < -0.39 is 0 Å². The second-order valence-electron chi connectivity index (χ2n) is 7.27. The average molecular weight is 389 g/mol. The lowest BCUT2D eigenvalue weighted by Gasteiger charge is -2.13. The van der Waals surface area contributed by atoms with Crippen LogP contribution in [-0.4, -0.2) is 50.4 Å². The van der Waals surface area contributed by atoms with Crippen LogP contribution in [0.2, 0.25) is 0 Å². The smallest absolute Gasteiger partial charge is 0.140 e. The zero-order chi connectivity index (χ0) is 19.8. The zero-order valence-electron chi connectivity index (χ0n) is 16.5. The molecule has 8 heteroatoms. The molecule has 0 amide bonds. The van der Waals surface area contributed by atoms with Crippen LogP contribution in [0.25, 0.3) is 28.2 Å². The maximum atomic E-state index is 5.60. The van der Waals surface area contributed by atoms with Gasteiger partial charge < -0.3 is 15.4 Å². The van der Waals surface area contributed by atoms with Gasteiger partial charge in [-0.1, -0.05) is 6.07 Å². The Bertz CT molecular complexity index is 1160. The van der Waals surface area contributed by atoms with Gasteiger partial charge in [0.25, 0.3) is 0 Å². The Balaban J connectivity index is 1.57. The fraction of sp³-hybridized carbons (Fsp3) is 0.286. The topological polar surface area (TPSA) is 81.3 Å². The molecule has 4 aromatic rings. The minimum Gasteiger partial charge on any atom is -0.496 e. The lowest BCUT2D eigenvalue weighted by molar-refractivity contribution is 0.416. The van der Waals surface area contributed by atoms with Gasteiger partial charge in [-0.25, -0.2) is 9.97 Å². The maximum absolute atomic E-state index is 5.60. The predicted molar refractivity (Wildman–Crippen MR) is 112 cm³/mol. The predicted octanol–water partition coefficient (Wildman–Crippen LogP) is 2.58. The molecule has 2 N–H and O–H groups in total. The third kappa shape index (κ3) is 3.31. The highest BCUT2D eigenvalue weighted by Gasteiger charge is 2.17. The van der Waals surface area contributed by atoms with Crippen molar-refractivity contribution in [2.45, 2.75) is 12.5 Å². The van der Waals surface area contributed by atoms with Crippen molar-refractivity contribution in [1.29, 1.82) is 0 Å². The number of rotatable bonds is 5. The summed E-state index contributed by atoms with van der Waals surface area (Å²) in [7, 11) is 3.57. The van der Waals surface area contributed by atoms with E-state index in [2.05, 4.69) is 20.7 Å². The van der Waals surface area contributed by atoms with Crippen molar-refractivity contribution in [3.05, 3.63) is 49.1 Å². The molecule has 1 fully saturated rings. The molecule has 1 aliphatic heterocycles. The summed E-state index contributed by atoms with van der Waals surface area (Å²) in [6.07, 6.45) is 8.80. The molecule has 8 nitrogen and oxygen atoms in total. The van der Waals surface area contributed by atoms with E-state index in [1.165, 1.54) is 0 Å². The van der Waals surface area contributed by atoms with Crippen molar-refractivity contribution >= 4 is 11.5 Å². The van der Waals surface area contributed by atoms with Gasteiger partial charge >= 0.3 is 0 Å². The molecule has 0 unspecified atom stereocenters. The zero-order valence-corrected chi connectivity index (χ0v) is 16.5. The molecule has 0 spiro atoms. The second-order valence-corrected chi connectivity index (χ2v) is 7.27. The first-order valence-corrected chi connectivity index (χ1v) is 9.70. The number of imidazole rings is 1. The molecule has 1 atom stereocenters. The van der Waals surface area contributed by atoms with E-state index in [-0.39, 0.29) is 0 Å². The number of nitrogens with one attached hydrogen (secondary N) is 2. The molecule has 5 rings (SSSR count). The molecule has 0 aliphatic carbocycles. The van der Waals surface area contributed by atoms with E-state index in [0.717, 1.165) is 59.2 Å². The van der Waals surface area contributed by atoms with Gasteiger partial charge in [0.1, 0.15) is 17.2 Å². The van der Waals surface area contributed by atoms with Crippen molar-refractivity contribution in [2.75, 3.05) is 25.5 Å². The molecule has 0 bridgehead atoms. The van der Waals surface area contributed by atoms with Gasteiger partial charge in [-0.3, -0.25) is 9.08 Å². The van der Waals surface area contributed by atoms with Crippen molar-refractivity contribution in [2.24, 2.45) is 7.05 Å². The van der Waals surface area contributed by atoms with Crippen LogP contribution in [0.3, 0.4) is 0 Å². The molecule has 148 valence electrons. The van der Waals surface area contributed by atoms with Crippen LogP contribution in [0.4, 0.5) is 5.82 Å². The summed E-state index contributed by atoms with van der Waals surface area (Å²) in [5.74, 6) is 1.65. The number of methoxy groups -OCH3 is 1. The van der Waals surface area contributed by atoms with Crippen LogP contribution < -0.4 is 15.4 Å². The second kappa shape index (κ2) is 7.21. The molecular formula is C21H23N7O. The first-order chi connectivity index (χ1) is 14.2. The SMILES string of the molecule is COc1cc2ncc(-c3cccc(N[C@H]4CCNC4)n3)n2cc1-c1cnn(C)c1. The fourth-order valence-electron chi connectivity index (χ4n) is 3.79. The van der Waals surface area contributed by atoms with Gasteiger partial charge in [0.15, 0.2) is 0 Å². The lowest BCUT2D eigenvalue weighted by atomic mass is 10.1. The molecule has 4 aromatic heterocycles. The first-order valence-electron chi connectivity index (χ1n) is 9.70. The maximum Gasteiger partial charge on any atom is 0.140 e. The number of ether oxygens (including phenoxy) is 1. The number of hydrogen-bond acceptors (Lipinski definition) is 6. The molecule has 5 heterocycles. The van der Waals surface area contributed by atoms with Crippen molar-refractivity contribution in [1.82, 2.24) is 29.5 Å². The van der Waals surface area contributed by atoms with Crippen LogP contribution in [0, 0.1) is 0 Å². The number of pyridine rings is 2. The Morgan fingerprint density at radius 3 is 2.93 bits per heavy atom. The Morgan fingerprint density at radius 1 is 1.24 bits per heavy atom. The minimum atomic E-state index is 0.418. The van der Waals surface area contributed by atoms with Gasteiger partial charge in [-0.2, -0.15) is 5.10 Å². The van der Waals surface area contributed by atoms with E-state index in [9.17, 15) is 0 Å². The summed E-state index contributed by atoms with van der Waals surface area (Å²) in [6.45, 7) is 2.01. The quantitative estimate of drug-likeness (QED) is 0.546. The third-order valence-corrected chi connectivity index (χ3v) is 5.27. The number of aryl methyl sites for hydroxylation is 1. The Morgan fingerprint density at radius 2 is 2.17 bits per heavy atom. The molecular weight excluding hydrogens is 366 g/mol. The van der Waals surface area contributed by atoms with E-state index in [0.29, 0.717) is 6.04 Å². The Hall–Kier alpha value is -3.39. The largest absolute Gasteiger partial charge is 0.496 e. The Kier molecular flexibility index (Phi) is 4.40. The highest BCUT2D eigenvalue weighted by Crippen LogP contribution is 2.32. The molecule has 29 heavy (non-hydrogen) atoms. The number of aromatic nitrogens is 5. The summed E-state index contributed by atoms with van der Waals surface area (Å²) in [5.41, 5.74) is 4.56. The van der Waals surface area contributed by atoms with E-state index in [1.54, 1.807) is 11.8 Å². The van der Waals surface area contributed by atoms with Crippen molar-refractivity contribution in [3.8, 4) is 28.3 Å². The number of nitrogens with zero attached hydrogens (tertiary/aromatic N) is 5.